The molecule has 0 N–H and O–H groups in total. The van der Waals surface area contributed by atoms with E-state index in [-0.39, 0.29) is 0 Å². The van der Waals surface area contributed by atoms with Gasteiger partial charge in [0.25, 0.3) is 0 Å². The van der Waals surface area contributed by atoms with Gasteiger partial charge in [0.05, 0.1) is 13.2 Å². The summed E-state index contributed by atoms with van der Waals surface area (Å²) in [6.07, 6.45) is 28.8. The van der Waals surface area contributed by atoms with Crippen LogP contribution in [0, 0.1) is 0 Å². The normalized spacial score (nSPS) is 23.1. The smallest absolute Gasteiger partial charge is 0.434 e. The molecule has 0 aromatic rings. The van der Waals surface area contributed by atoms with E-state index >= 15 is 0 Å². The van der Waals surface area contributed by atoms with Crippen LogP contribution in [0.2, 0.25) is 0 Å². The van der Waals surface area contributed by atoms with Crippen molar-refractivity contribution in [2.24, 2.45) is 0 Å². The lowest BCUT2D eigenvalue weighted by Gasteiger charge is -2.06. The second-order valence-corrected chi connectivity index (χ2v) is 8.73. The van der Waals surface area contributed by atoms with Crippen molar-refractivity contribution < 1.29 is 14.3 Å². The summed E-state index contributed by atoms with van der Waals surface area (Å²) < 4.78 is 10.3. The van der Waals surface area contributed by atoms with Crippen LogP contribution in [-0.4, -0.2) is 19.4 Å². The van der Waals surface area contributed by atoms with Gasteiger partial charge in [0.1, 0.15) is 0 Å². The first kappa shape index (κ1) is 25.3. The zero-order valence-electron chi connectivity index (χ0n) is 18.7. The Labute approximate surface area is 175 Å². The number of rotatable bonds is 0. The van der Waals surface area contributed by atoms with Gasteiger partial charge in [0, 0.05) is 0 Å². The van der Waals surface area contributed by atoms with Gasteiger partial charge < -0.3 is 9.47 Å². The van der Waals surface area contributed by atoms with Crippen LogP contribution in [0.3, 0.4) is 0 Å². The van der Waals surface area contributed by atoms with Crippen LogP contribution in [-0.2, 0) is 9.47 Å². The predicted octanol–water partition coefficient (Wildman–Crippen LogP) is 8.74. The van der Waals surface area contributed by atoms with Gasteiger partial charge in [0.15, 0.2) is 0 Å². The molecule has 0 aliphatic carbocycles. The number of hydrogen-bond donors (Lipinski definition) is 0. The minimum absolute atomic E-state index is 0.475. The Hall–Kier alpha value is -0.730. The fourth-order valence-corrected chi connectivity index (χ4v) is 4.09. The second-order valence-electron chi connectivity index (χ2n) is 8.73. The van der Waals surface area contributed by atoms with E-state index in [4.69, 9.17) is 9.47 Å². The SMILES string of the molecule is O=C1OCCCCCCCCCCCCCCCCCCCCCCCCO1. The van der Waals surface area contributed by atoms with E-state index in [0.717, 1.165) is 25.7 Å². The van der Waals surface area contributed by atoms with Crippen LogP contribution in [0.5, 0.6) is 0 Å². The highest BCUT2D eigenvalue weighted by Crippen LogP contribution is 2.15. The highest BCUT2D eigenvalue weighted by atomic mass is 16.7. The van der Waals surface area contributed by atoms with Crippen molar-refractivity contribution in [1.29, 1.82) is 0 Å². The van der Waals surface area contributed by atoms with Gasteiger partial charge >= 0.3 is 6.16 Å². The lowest BCUT2D eigenvalue weighted by molar-refractivity contribution is 0.0529. The summed E-state index contributed by atoms with van der Waals surface area (Å²) in [5.41, 5.74) is 0. The highest BCUT2D eigenvalue weighted by Gasteiger charge is 2.03. The van der Waals surface area contributed by atoms with Crippen molar-refractivity contribution in [3.8, 4) is 0 Å². The Morgan fingerprint density at radius 1 is 0.321 bits per heavy atom. The lowest BCUT2D eigenvalue weighted by Crippen LogP contribution is -2.09. The van der Waals surface area contributed by atoms with E-state index < -0.39 is 6.16 Å². The van der Waals surface area contributed by atoms with Crippen molar-refractivity contribution in [3.63, 3.8) is 0 Å². The van der Waals surface area contributed by atoms with Crippen LogP contribution in [0.4, 0.5) is 4.79 Å². The van der Waals surface area contributed by atoms with Crippen LogP contribution >= 0.6 is 0 Å². The molecule has 0 bridgehead atoms. The summed E-state index contributed by atoms with van der Waals surface area (Å²) in [4.78, 5) is 11.5. The Bertz CT molecular complexity index is 300. The summed E-state index contributed by atoms with van der Waals surface area (Å²) in [6.45, 7) is 1.03. The van der Waals surface area contributed by atoms with Gasteiger partial charge in [-0.2, -0.15) is 0 Å². The van der Waals surface area contributed by atoms with E-state index in [1.165, 1.54) is 116 Å². The molecular formula is C25H48O3. The topological polar surface area (TPSA) is 35.5 Å². The molecule has 0 unspecified atom stereocenters. The third-order valence-electron chi connectivity index (χ3n) is 5.98. The maximum atomic E-state index is 11.5. The number of carbonyl (C=O) groups excluding carboxylic acids is 1. The lowest BCUT2D eigenvalue weighted by atomic mass is 10.0. The molecule has 1 aliphatic heterocycles. The molecule has 1 rings (SSSR count). The first-order chi connectivity index (χ1) is 13.9. The molecule has 0 aromatic carbocycles. The largest absolute Gasteiger partial charge is 0.508 e. The number of carbonyl (C=O) groups is 1. The van der Waals surface area contributed by atoms with Gasteiger partial charge in [-0.3, -0.25) is 0 Å². The minimum Gasteiger partial charge on any atom is -0.434 e. The molecule has 1 heterocycles. The molecule has 3 heteroatoms. The summed E-state index contributed by atoms with van der Waals surface area (Å²) in [5.74, 6) is 0. The Kier molecular flexibility index (Phi) is 19.0. The summed E-state index contributed by atoms with van der Waals surface area (Å²) in [6, 6.07) is 0. The van der Waals surface area contributed by atoms with Crippen molar-refractivity contribution >= 4 is 6.16 Å². The number of hydrogen-bond acceptors (Lipinski definition) is 3. The van der Waals surface area contributed by atoms with Gasteiger partial charge in [0.2, 0.25) is 0 Å². The minimum atomic E-state index is -0.475. The van der Waals surface area contributed by atoms with Gasteiger partial charge in [-0.05, 0) is 12.8 Å². The van der Waals surface area contributed by atoms with Crippen molar-refractivity contribution in [3.05, 3.63) is 0 Å². The molecule has 0 spiro atoms. The van der Waals surface area contributed by atoms with Crippen molar-refractivity contribution in [2.75, 3.05) is 13.2 Å². The van der Waals surface area contributed by atoms with Gasteiger partial charge in [-0.15, -0.1) is 0 Å². The molecule has 0 radical (unpaired) electrons. The molecule has 0 saturated carbocycles. The van der Waals surface area contributed by atoms with E-state index in [0.29, 0.717) is 13.2 Å². The van der Waals surface area contributed by atoms with Crippen LogP contribution < -0.4 is 0 Å². The monoisotopic (exact) mass is 396 g/mol. The average molecular weight is 397 g/mol. The third-order valence-corrected chi connectivity index (χ3v) is 5.98. The molecule has 28 heavy (non-hydrogen) atoms. The van der Waals surface area contributed by atoms with E-state index in [2.05, 4.69) is 0 Å². The first-order valence-corrected chi connectivity index (χ1v) is 12.7. The molecule has 3 nitrogen and oxygen atoms in total. The second kappa shape index (κ2) is 21.0. The number of ether oxygens (including phenoxy) is 2. The van der Waals surface area contributed by atoms with Crippen molar-refractivity contribution in [1.82, 2.24) is 0 Å². The Balaban J connectivity index is 2.07. The van der Waals surface area contributed by atoms with Gasteiger partial charge in [-0.25, -0.2) is 4.79 Å². The van der Waals surface area contributed by atoms with Crippen LogP contribution in [0.15, 0.2) is 0 Å². The van der Waals surface area contributed by atoms with E-state index in [1.54, 1.807) is 0 Å². The maximum absolute atomic E-state index is 11.5. The zero-order chi connectivity index (χ0) is 20.0. The average Bonchev–Trinajstić information content (AvgIpc) is 2.70. The molecular weight excluding hydrogens is 348 g/mol. The molecule has 0 atom stereocenters. The fraction of sp³-hybridized carbons (Fsp3) is 0.960. The molecule has 1 fully saturated rings. The molecule has 0 aromatic heterocycles. The molecule has 166 valence electrons. The fourth-order valence-electron chi connectivity index (χ4n) is 4.09. The Morgan fingerprint density at radius 3 is 0.714 bits per heavy atom. The predicted molar refractivity (Wildman–Crippen MR) is 119 cm³/mol. The molecule has 0 amide bonds. The summed E-state index contributed by atoms with van der Waals surface area (Å²) >= 11 is 0. The quantitative estimate of drug-likeness (QED) is 0.384. The van der Waals surface area contributed by atoms with Crippen LogP contribution in [0.1, 0.15) is 141 Å². The van der Waals surface area contributed by atoms with E-state index in [1.807, 2.05) is 0 Å². The summed E-state index contributed by atoms with van der Waals surface area (Å²) in [5, 5.41) is 0. The Morgan fingerprint density at radius 2 is 0.500 bits per heavy atom. The molecule has 1 saturated heterocycles. The number of cyclic esters (lactones) is 2. The van der Waals surface area contributed by atoms with Crippen molar-refractivity contribution in [2.45, 2.75) is 141 Å². The van der Waals surface area contributed by atoms with Crippen LogP contribution in [0.25, 0.3) is 0 Å². The third kappa shape index (κ3) is 18.6. The van der Waals surface area contributed by atoms with E-state index in [9.17, 15) is 4.79 Å². The maximum Gasteiger partial charge on any atom is 0.508 e. The first-order valence-electron chi connectivity index (χ1n) is 12.7. The highest BCUT2D eigenvalue weighted by molar-refractivity contribution is 5.59. The zero-order valence-corrected chi connectivity index (χ0v) is 18.7. The molecule has 1 aliphatic rings. The summed E-state index contributed by atoms with van der Waals surface area (Å²) in [7, 11) is 0. The standard InChI is InChI=1S/C25H48O3/c26-25-27-23-21-19-17-15-13-11-9-7-5-3-1-2-4-6-8-10-12-14-16-18-20-22-24-28-25/h1-24H2. The van der Waals surface area contributed by atoms with Gasteiger partial charge in [-0.1, -0.05) is 128 Å².